The van der Waals surface area contributed by atoms with E-state index in [2.05, 4.69) is 5.10 Å². The third kappa shape index (κ3) is 4.16. The number of rotatable bonds is 7. The van der Waals surface area contributed by atoms with Gasteiger partial charge < -0.3 is 9.84 Å². The molecule has 0 saturated heterocycles. The van der Waals surface area contributed by atoms with E-state index < -0.39 is 11.9 Å². The Bertz CT molecular complexity index is 977. The molecule has 5 nitrogen and oxygen atoms in total. The first-order valence-corrected chi connectivity index (χ1v) is 8.67. The van der Waals surface area contributed by atoms with E-state index in [-0.39, 0.29) is 18.9 Å². The molecule has 0 amide bonds. The number of aliphatic carboxylic acids is 1. The monoisotopic (exact) mass is 368 g/mol. The van der Waals surface area contributed by atoms with Crippen molar-refractivity contribution in [2.45, 2.75) is 25.9 Å². The average Bonchev–Trinajstić information content (AvgIpc) is 2.94. The molecule has 0 fully saturated rings. The number of nitrogens with zero attached hydrogens (tertiary/aromatic N) is 2. The highest BCUT2D eigenvalue weighted by atomic mass is 19.1. The molecule has 1 atom stereocenters. The lowest BCUT2D eigenvalue weighted by Gasteiger charge is -2.12. The summed E-state index contributed by atoms with van der Waals surface area (Å²) in [6.45, 7) is 2.15. The summed E-state index contributed by atoms with van der Waals surface area (Å²) in [6.07, 6.45) is 3.77. The summed E-state index contributed by atoms with van der Waals surface area (Å²) in [5, 5.41) is 13.3. The molecule has 3 rings (SSSR count). The molecule has 2 aromatic carbocycles. The van der Waals surface area contributed by atoms with Crippen LogP contribution in [0.15, 0.2) is 54.6 Å². The third-order valence-corrected chi connectivity index (χ3v) is 4.43. The van der Waals surface area contributed by atoms with Crippen molar-refractivity contribution in [2.75, 3.05) is 0 Å². The predicted molar refractivity (Wildman–Crippen MR) is 101 cm³/mol. The van der Waals surface area contributed by atoms with Crippen LogP contribution in [0.1, 0.15) is 30.4 Å². The highest BCUT2D eigenvalue weighted by Gasteiger charge is 2.14. The first-order chi connectivity index (χ1) is 13.0. The molecule has 0 spiro atoms. The molecule has 0 saturated carbocycles. The Labute approximate surface area is 156 Å². The van der Waals surface area contributed by atoms with Gasteiger partial charge in [-0.05, 0) is 30.7 Å². The number of carboxylic acids is 1. The van der Waals surface area contributed by atoms with Gasteiger partial charge in [0, 0.05) is 18.5 Å². The minimum Gasteiger partial charge on any atom is -0.489 e. The summed E-state index contributed by atoms with van der Waals surface area (Å²) < 4.78 is 21.2. The second kappa shape index (κ2) is 8.03. The fourth-order valence-corrected chi connectivity index (χ4v) is 3.18. The Kier molecular flexibility index (Phi) is 5.54. The molecular weight excluding hydrogens is 347 g/mol. The highest BCUT2D eigenvalue weighted by molar-refractivity contribution is 5.82. The fraction of sp³-hybridized carbons (Fsp3) is 0.238. The van der Waals surface area contributed by atoms with Crippen molar-refractivity contribution in [3.8, 4) is 5.75 Å². The average molecular weight is 368 g/mol. The van der Waals surface area contributed by atoms with Crippen molar-refractivity contribution in [3.05, 3.63) is 71.7 Å². The van der Waals surface area contributed by atoms with Crippen LogP contribution in [0.4, 0.5) is 4.39 Å². The molecule has 3 aromatic rings. The van der Waals surface area contributed by atoms with Gasteiger partial charge in [0.1, 0.15) is 12.4 Å². The molecule has 0 aliphatic rings. The van der Waals surface area contributed by atoms with E-state index >= 15 is 0 Å². The summed E-state index contributed by atoms with van der Waals surface area (Å²) in [4.78, 5) is 11.0. The van der Waals surface area contributed by atoms with Gasteiger partial charge >= 0.3 is 5.97 Å². The second-order valence-corrected chi connectivity index (χ2v) is 6.32. The number of para-hydroxylation sites is 1. The Morgan fingerprint density at radius 1 is 1.30 bits per heavy atom. The molecule has 0 aliphatic carbocycles. The minimum absolute atomic E-state index is 0.0403. The topological polar surface area (TPSA) is 64.3 Å². The Hall–Kier alpha value is -3.15. The summed E-state index contributed by atoms with van der Waals surface area (Å²) in [6, 6.07) is 12.7. The maximum Gasteiger partial charge on any atom is 0.304 e. The van der Waals surface area contributed by atoms with E-state index in [1.165, 1.54) is 4.68 Å². The maximum absolute atomic E-state index is 13.8. The Morgan fingerprint density at radius 2 is 2.04 bits per heavy atom. The van der Waals surface area contributed by atoms with Crippen LogP contribution < -0.4 is 4.74 Å². The van der Waals surface area contributed by atoms with E-state index in [0.29, 0.717) is 16.7 Å². The van der Waals surface area contributed by atoms with E-state index in [1.807, 2.05) is 49.4 Å². The lowest BCUT2D eigenvalue weighted by atomic mass is 9.95. The van der Waals surface area contributed by atoms with Gasteiger partial charge in [0.25, 0.3) is 0 Å². The summed E-state index contributed by atoms with van der Waals surface area (Å²) in [5.74, 6) is -0.845. The molecule has 27 heavy (non-hydrogen) atoms. The van der Waals surface area contributed by atoms with Crippen molar-refractivity contribution in [3.63, 3.8) is 0 Å². The number of benzene rings is 2. The van der Waals surface area contributed by atoms with Gasteiger partial charge in [0.05, 0.1) is 17.3 Å². The standard InChI is InChI=1S/C21H21FN2O3/c1-3-5-15(12-19(25)26)14-8-10-17(11-9-14)27-13-16-6-4-7-18-20(16)24(2)23-21(18)22/h3-11,15H,12-13H2,1-2H3,(H,25,26)/t15-/m1/s1. The molecule has 1 N–H and O–H groups in total. The lowest BCUT2D eigenvalue weighted by Crippen LogP contribution is -2.04. The van der Waals surface area contributed by atoms with Crippen molar-refractivity contribution in [1.82, 2.24) is 9.78 Å². The molecule has 0 bridgehead atoms. The molecule has 0 unspecified atom stereocenters. The number of carboxylic acid groups (broad SMARTS) is 1. The number of carbonyl (C=O) groups is 1. The smallest absolute Gasteiger partial charge is 0.304 e. The summed E-state index contributed by atoms with van der Waals surface area (Å²) in [7, 11) is 1.70. The largest absolute Gasteiger partial charge is 0.489 e. The van der Waals surface area contributed by atoms with Crippen molar-refractivity contribution in [2.24, 2.45) is 7.05 Å². The van der Waals surface area contributed by atoms with E-state index in [9.17, 15) is 9.18 Å². The number of fused-ring (bicyclic) bond motifs is 1. The van der Waals surface area contributed by atoms with Crippen molar-refractivity contribution >= 4 is 16.9 Å². The molecule has 140 valence electrons. The van der Waals surface area contributed by atoms with Gasteiger partial charge in [-0.25, -0.2) is 0 Å². The number of allylic oxidation sites excluding steroid dienone is 2. The number of hydrogen-bond donors (Lipinski definition) is 1. The van der Waals surface area contributed by atoms with Crippen molar-refractivity contribution in [1.29, 1.82) is 0 Å². The number of aromatic nitrogens is 2. The molecule has 1 aromatic heterocycles. The maximum atomic E-state index is 13.8. The SMILES string of the molecule is CC=C[C@H](CC(=O)O)c1ccc(OCc2cccc3c(F)nn(C)c23)cc1. The normalized spacial score (nSPS) is 12.6. The number of hydrogen-bond acceptors (Lipinski definition) is 3. The van der Waals surface area contributed by atoms with Crippen LogP contribution in [0.5, 0.6) is 5.75 Å². The van der Waals surface area contributed by atoms with Gasteiger partial charge in [-0.2, -0.15) is 4.39 Å². The molecular formula is C21H21FN2O3. The molecule has 1 heterocycles. The number of aryl methyl sites for hydroxylation is 1. The molecule has 0 radical (unpaired) electrons. The van der Waals surface area contributed by atoms with Crippen molar-refractivity contribution < 1.29 is 19.0 Å². The minimum atomic E-state index is -0.838. The predicted octanol–water partition coefficient (Wildman–Crippen LogP) is 4.43. The zero-order valence-electron chi connectivity index (χ0n) is 15.2. The first-order valence-electron chi connectivity index (χ1n) is 8.67. The molecule has 6 heteroatoms. The van der Waals surface area contributed by atoms with Crippen LogP contribution in [-0.4, -0.2) is 20.9 Å². The van der Waals surface area contributed by atoms with Crippen LogP contribution in [0.25, 0.3) is 10.9 Å². The van der Waals surface area contributed by atoms with E-state index in [0.717, 1.165) is 11.1 Å². The van der Waals surface area contributed by atoms with Crippen LogP contribution in [0, 0.1) is 5.95 Å². The van der Waals surface area contributed by atoms with Gasteiger partial charge in [-0.15, -0.1) is 5.10 Å². The van der Waals surface area contributed by atoms with Crippen LogP contribution in [-0.2, 0) is 18.4 Å². The zero-order valence-corrected chi connectivity index (χ0v) is 15.2. The van der Waals surface area contributed by atoms with Crippen LogP contribution in [0.2, 0.25) is 0 Å². The third-order valence-electron chi connectivity index (χ3n) is 4.43. The lowest BCUT2D eigenvalue weighted by molar-refractivity contribution is -0.137. The highest BCUT2D eigenvalue weighted by Crippen LogP contribution is 2.26. The quantitative estimate of drug-likeness (QED) is 0.627. The zero-order chi connectivity index (χ0) is 19.4. The van der Waals surface area contributed by atoms with E-state index in [4.69, 9.17) is 9.84 Å². The summed E-state index contributed by atoms with van der Waals surface area (Å²) in [5.41, 5.74) is 2.47. The Balaban J connectivity index is 1.75. The first kappa shape index (κ1) is 18.6. The molecule has 0 aliphatic heterocycles. The number of halogens is 1. The number of ether oxygens (including phenoxy) is 1. The van der Waals surface area contributed by atoms with Gasteiger partial charge in [-0.3, -0.25) is 9.48 Å². The second-order valence-electron chi connectivity index (χ2n) is 6.32. The summed E-state index contributed by atoms with van der Waals surface area (Å²) >= 11 is 0. The van der Waals surface area contributed by atoms with E-state index in [1.54, 1.807) is 19.2 Å². The van der Waals surface area contributed by atoms with Crippen LogP contribution >= 0.6 is 0 Å². The van der Waals surface area contributed by atoms with Gasteiger partial charge in [-0.1, -0.05) is 36.4 Å². The fourth-order valence-electron chi connectivity index (χ4n) is 3.18. The van der Waals surface area contributed by atoms with Gasteiger partial charge in [0.2, 0.25) is 5.95 Å². The Morgan fingerprint density at radius 3 is 2.70 bits per heavy atom. The van der Waals surface area contributed by atoms with Crippen LogP contribution in [0.3, 0.4) is 0 Å². The van der Waals surface area contributed by atoms with Gasteiger partial charge in [0.15, 0.2) is 0 Å².